The molecular formula is C15H23ClN2O. The molecule has 0 aliphatic heterocycles. The Morgan fingerprint density at radius 2 is 1.89 bits per heavy atom. The van der Waals surface area contributed by atoms with E-state index in [0.717, 1.165) is 17.0 Å². The Morgan fingerprint density at radius 1 is 1.26 bits per heavy atom. The monoisotopic (exact) mass is 282 g/mol. The molecule has 3 nitrogen and oxygen atoms in total. The highest BCUT2D eigenvalue weighted by atomic mass is 35.5. The number of benzene rings is 1. The van der Waals surface area contributed by atoms with Crippen LogP contribution in [0.15, 0.2) is 24.3 Å². The summed E-state index contributed by atoms with van der Waals surface area (Å²) < 4.78 is 0. The number of carbonyl (C=O) groups is 1. The lowest BCUT2D eigenvalue weighted by atomic mass is 10.1. The van der Waals surface area contributed by atoms with Crippen LogP contribution in [0.3, 0.4) is 0 Å². The zero-order chi connectivity index (χ0) is 14.4. The number of carbonyl (C=O) groups excluding carboxylic acids is 1. The summed E-state index contributed by atoms with van der Waals surface area (Å²) in [5, 5.41) is 6.96. The molecule has 3 unspecified atom stereocenters. The van der Waals surface area contributed by atoms with Gasteiger partial charge >= 0.3 is 0 Å². The zero-order valence-corrected chi connectivity index (χ0v) is 12.8. The maximum atomic E-state index is 12.0. The first-order valence-electron chi connectivity index (χ1n) is 6.76. The van der Waals surface area contributed by atoms with Crippen LogP contribution < -0.4 is 10.6 Å². The maximum absolute atomic E-state index is 12.0. The van der Waals surface area contributed by atoms with Gasteiger partial charge in [-0.25, -0.2) is 0 Å². The average molecular weight is 283 g/mol. The molecule has 0 fully saturated rings. The smallest absolute Gasteiger partial charge is 0.237 e. The number of halogens is 1. The van der Waals surface area contributed by atoms with E-state index in [1.807, 2.05) is 45.0 Å². The topological polar surface area (TPSA) is 41.1 Å². The molecule has 19 heavy (non-hydrogen) atoms. The van der Waals surface area contributed by atoms with Crippen molar-refractivity contribution in [2.75, 3.05) is 0 Å². The van der Waals surface area contributed by atoms with Crippen LogP contribution in [0, 0.1) is 0 Å². The first-order chi connectivity index (χ1) is 8.95. The van der Waals surface area contributed by atoms with E-state index in [1.165, 1.54) is 0 Å². The van der Waals surface area contributed by atoms with Crippen LogP contribution >= 0.6 is 11.6 Å². The first kappa shape index (κ1) is 16.0. The molecule has 3 atom stereocenters. The number of hydrogen-bond donors (Lipinski definition) is 2. The van der Waals surface area contributed by atoms with Gasteiger partial charge in [-0.2, -0.15) is 0 Å². The van der Waals surface area contributed by atoms with Crippen molar-refractivity contribution in [1.82, 2.24) is 10.6 Å². The lowest BCUT2D eigenvalue weighted by Crippen LogP contribution is -2.46. The second-order valence-corrected chi connectivity index (χ2v) is 5.36. The van der Waals surface area contributed by atoms with Gasteiger partial charge < -0.3 is 5.32 Å². The molecule has 0 aliphatic rings. The van der Waals surface area contributed by atoms with Gasteiger partial charge in [-0.15, -0.1) is 0 Å². The number of nitrogens with one attached hydrogen (secondary N) is 2. The molecule has 0 aromatic heterocycles. The third-order valence-corrected chi connectivity index (χ3v) is 3.61. The fraction of sp³-hybridized carbons (Fsp3) is 0.533. The second kappa shape index (κ2) is 7.51. The third kappa shape index (κ3) is 4.84. The van der Waals surface area contributed by atoms with Gasteiger partial charge in [0.05, 0.1) is 6.04 Å². The van der Waals surface area contributed by atoms with Gasteiger partial charge in [0.2, 0.25) is 5.91 Å². The lowest BCUT2D eigenvalue weighted by Gasteiger charge is -2.22. The number of rotatable bonds is 6. The summed E-state index contributed by atoms with van der Waals surface area (Å²) in [4.78, 5) is 12.0. The van der Waals surface area contributed by atoms with Gasteiger partial charge in [-0.05, 0) is 38.8 Å². The van der Waals surface area contributed by atoms with Crippen molar-refractivity contribution in [3.8, 4) is 0 Å². The Hall–Kier alpha value is -1.06. The molecule has 1 amide bonds. The molecule has 1 aromatic carbocycles. The Labute approximate surface area is 120 Å². The second-order valence-electron chi connectivity index (χ2n) is 4.95. The van der Waals surface area contributed by atoms with E-state index in [2.05, 4.69) is 17.6 Å². The van der Waals surface area contributed by atoms with E-state index in [1.54, 1.807) is 0 Å². The van der Waals surface area contributed by atoms with Crippen LogP contribution in [0.25, 0.3) is 0 Å². The predicted octanol–water partition coefficient (Wildman–Crippen LogP) is 3.29. The summed E-state index contributed by atoms with van der Waals surface area (Å²) in [7, 11) is 0. The standard InChI is InChI=1S/C15H23ClN2O/c1-5-10(2)17-15(19)12(4)18-11(3)13-8-6-7-9-14(13)16/h6-12,18H,5H2,1-4H3,(H,17,19). The minimum atomic E-state index is -0.250. The lowest BCUT2D eigenvalue weighted by molar-refractivity contribution is -0.123. The molecule has 0 radical (unpaired) electrons. The van der Waals surface area contributed by atoms with E-state index in [9.17, 15) is 4.79 Å². The number of hydrogen-bond acceptors (Lipinski definition) is 2. The minimum Gasteiger partial charge on any atom is -0.352 e. The molecule has 0 heterocycles. The molecular weight excluding hydrogens is 260 g/mol. The molecule has 0 saturated carbocycles. The molecule has 0 bridgehead atoms. The third-order valence-electron chi connectivity index (χ3n) is 3.27. The van der Waals surface area contributed by atoms with Crippen LogP contribution in [0.1, 0.15) is 45.7 Å². The van der Waals surface area contributed by atoms with Crippen molar-refractivity contribution in [2.24, 2.45) is 0 Å². The average Bonchev–Trinajstić information content (AvgIpc) is 2.38. The highest BCUT2D eigenvalue weighted by Crippen LogP contribution is 2.22. The fourth-order valence-electron chi connectivity index (χ4n) is 1.84. The van der Waals surface area contributed by atoms with Crippen LogP contribution in [-0.4, -0.2) is 18.0 Å². The van der Waals surface area contributed by atoms with Gasteiger partial charge in [0.15, 0.2) is 0 Å². The van der Waals surface area contributed by atoms with Crippen LogP contribution in [0.5, 0.6) is 0 Å². The molecule has 106 valence electrons. The van der Waals surface area contributed by atoms with E-state index >= 15 is 0 Å². The summed E-state index contributed by atoms with van der Waals surface area (Å²) in [5.74, 6) is 0.0215. The number of amides is 1. The largest absolute Gasteiger partial charge is 0.352 e. The van der Waals surface area contributed by atoms with Gasteiger partial charge in [0, 0.05) is 17.1 Å². The Bertz CT molecular complexity index is 422. The van der Waals surface area contributed by atoms with Crippen LogP contribution in [0.2, 0.25) is 5.02 Å². The van der Waals surface area contributed by atoms with E-state index in [4.69, 9.17) is 11.6 Å². The normalized spacial score (nSPS) is 15.6. The SMILES string of the molecule is CCC(C)NC(=O)C(C)NC(C)c1ccccc1Cl. The van der Waals surface area contributed by atoms with Crippen molar-refractivity contribution < 1.29 is 4.79 Å². The summed E-state index contributed by atoms with van der Waals surface area (Å²) in [6.45, 7) is 7.93. The van der Waals surface area contributed by atoms with Crippen molar-refractivity contribution in [3.63, 3.8) is 0 Å². The summed E-state index contributed by atoms with van der Waals surface area (Å²) >= 11 is 6.15. The quantitative estimate of drug-likeness (QED) is 0.841. The molecule has 1 aromatic rings. The van der Waals surface area contributed by atoms with E-state index < -0.39 is 0 Å². The van der Waals surface area contributed by atoms with Crippen molar-refractivity contribution in [1.29, 1.82) is 0 Å². The maximum Gasteiger partial charge on any atom is 0.237 e. The molecule has 0 aliphatic carbocycles. The highest BCUT2D eigenvalue weighted by molar-refractivity contribution is 6.31. The molecule has 2 N–H and O–H groups in total. The molecule has 0 spiro atoms. The van der Waals surface area contributed by atoms with E-state index in [-0.39, 0.29) is 24.0 Å². The van der Waals surface area contributed by atoms with Gasteiger partial charge in [-0.1, -0.05) is 36.7 Å². The van der Waals surface area contributed by atoms with Crippen LogP contribution in [-0.2, 0) is 4.79 Å². The summed E-state index contributed by atoms with van der Waals surface area (Å²) in [6.07, 6.45) is 0.929. The minimum absolute atomic E-state index is 0.0215. The predicted molar refractivity (Wildman–Crippen MR) is 80.4 cm³/mol. The van der Waals surface area contributed by atoms with E-state index in [0.29, 0.717) is 0 Å². The fourth-order valence-corrected chi connectivity index (χ4v) is 2.14. The van der Waals surface area contributed by atoms with Crippen LogP contribution in [0.4, 0.5) is 0 Å². The zero-order valence-electron chi connectivity index (χ0n) is 12.0. The van der Waals surface area contributed by atoms with Gasteiger partial charge in [0.1, 0.15) is 0 Å². The first-order valence-corrected chi connectivity index (χ1v) is 7.14. The van der Waals surface area contributed by atoms with Crippen molar-refractivity contribution in [2.45, 2.75) is 52.2 Å². The highest BCUT2D eigenvalue weighted by Gasteiger charge is 2.18. The molecule has 1 rings (SSSR count). The van der Waals surface area contributed by atoms with Crippen molar-refractivity contribution >= 4 is 17.5 Å². The van der Waals surface area contributed by atoms with Gasteiger partial charge in [-0.3, -0.25) is 10.1 Å². The Kier molecular flexibility index (Phi) is 6.32. The summed E-state index contributed by atoms with van der Waals surface area (Å²) in [6, 6.07) is 7.66. The molecule has 0 saturated heterocycles. The molecule has 4 heteroatoms. The van der Waals surface area contributed by atoms with Gasteiger partial charge in [0.25, 0.3) is 0 Å². The Balaban J connectivity index is 2.59. The summed E-state index contributed by atoms with van der Waals surface area (Å²) in [5.41, 5.74) is 1.01. The Morgan fingerprint density at radius 3 is 2.47 bits per heavy atom. The van der Waals surface area contributed by atoms with Crippen molar-refractivity contribution in [3.05, 3.63) is 34.9 Å².